The van der Waals surface area contributed by atoms with Crippen LogP contribution in [-0.2, 0) is 0 Å². The third-order valence-corrected chi connectivity index (χ3v) is 4.50. The van der Waals surface area contributed by atoms with Crippen LogP contribution in [0.25, 0.3) is 11.0 Å². The molecule has 1 unspecified atom stereocenters. The van der Waals surface area contributed by atoms with Gasteiger partial charge < -0.3 is 10.2 Å². The van der Waals surface area contributed by atoms with Gasteiger partial charge in [-0.05, 0) is 45.1 Å². The van der Waals surface area contributed by atoms with Crippen LogP contribution >= 0.6 is 38.9 Å². The second-order valence-electron chi connectivity index (χ2n) is 3.97. The van der Waals surface area contributed by atoms with Gasteiger partial charge in [-0.3, -0.25) is 0 Å². The Kier molecular flexibility index (Phi) is 3.20. The van der Waals surface area contributed by atoms with Crippen LogP contribution in [0.3, 0.4) is 0 Å². The highest BCUT2D eigenvalue weighted by molar-refractivity contribution is 9.10. The van der Waals surface area contributed by atoms with Crippen LogP contribution in [0.5, 0.6) is 0 Å². The third kappa shape index (κ3) is 2.10. The van der Waals surface area contributed by atoms with Gasteiger partial charge in [0.05, 0.1) is 14.9 Å². The second-order valence-corrected chi connectivity index (χ2v) is 6.37. The van der Waals surface area contributed by atoms with Crippen molar-refractivity contribution < 1.29 is 4.42 Å². The molecule has 0 radical (unpaired) electrons. The molecule has 92 valence electrons. The fourth-order valence-corrected chi connectivity index (χ4v) is 3.24. The molecule has 2 heterocycles. The monoisotopic (exact) mass is 341 g/mol. The normalized spacial score (nSPS) is 13.1. The van der Waals surface area contributed by atoms with Gasteiger partial charge in [0.15, 0.2) is 0 Å². The highest BCUT2D eigenvalue weighted by atomic mass is 79.9. The highest BCUT2D eigenvalue weighted by Gasteiger charge is 2.16. The molecule has 1 aromatic carbocycles. The second kappa shape index (κ2) is 4.70. The van der Waals surface area contributed by atoms with E-state index in [1.807, 2.05) is 35.7 Å². The number of para-hydroxylation sites is 1. The molecule has 1 atom stereocenters. The Labute approximate surface area is 121 Å². The van der Waals surface area contributed by atoms with E-state index in [9.17, 15) is 0 Å². The number of benzene rings is 1. The van der Waals surface area contributed by atoms with Crippen LogP contribution in [0, 0.1) is 0 Å². The zero-order chi connectivity index (χ0) is 12.7. The maximum atomic E-state index is 6.18. The van der Waals surface area contributed by atoms with Crippen molar-refractivity contribution in [2.24, 2.45) is 5.73 Å². The summed E-state index contributed by atoms with van der Waals surface area (Å²) in [6.45, 7) is 0. The number of fused-ring (bicyclic) bond motifs is 1. The average molecular weight is 343 g/mol. The van der Waals surface area contributed by atoms with Crippen molar-refractivity contribution >= 4 is 49.8 Å². The first-order chi connectivity index (χ1) is 8.65. The number of halogens is 2. The molecule has 3 rings (SSSR count). The van der Waals surface area contributed by atoms with Gasteiger partial charge in [0.1, 0.15) is 11.3 Å². The summed E-state index contributed by atoms with van der Waals surface area (Å²) in [5.74, 6) is 0.742. The number of thiophene rings is 1. The molecule has 0 spiro atoms. The van der Waals surface area contributed by atoms with E-state index in [2.05, 4.69) is 15.9 Å². The fourth-order valence-electron chi connectivity index (χ4n) is 1.85. The lowest BCUT2D eigenvalue weighted by Gasteiger charge is -2.05. The van der Waals surface area contributed by atoms with Gasteiger partial charge in [0.2, 0.25) is 0 Å². The Bertz CT molecular complexity index is 706. The molecule has 0 aliphatic rings. The van der Waals surface area contributed by atoms with Crippen molar-refractivity contribution in [3.8, 4) is 0 Å². The minimum atomic E-state index is -0.284. The van der Waals surface area contributed by atoms with Gasteiger partial charge in [0.25, 0.3) is 0 Å². The largest absolute Gasteiger partial charge is 0.458 e. The molecule has 0 saturated heterocycles. The Balaban J connectivity index is 2.06. The molecule has 18 heavy (non-hydrogen) atoms. The van der Waals surface area contributed by atoms with Gasteiger partial charge in [0, 0.05) is 5.39 Å². The van der Waals surface area contributed by atoms with Gasteiger partial charge >= 0.3 is 0 Å². The SMILES string of the molecule is NC(c1csc(Cl)c1)c1cc2cccc(Br)c2o1. The zero-order valence-corrected chi connectivity index (χ0v) is 12.3. The van der Waals surface area contributed by atoms with E-state index in [1.165, 1.54) is 11.3 Å². The van der Waals surface area contributed by atoms with Crippen LogP contribution in [-0.4, -0.2) is 0 Å². The first-order valence-corrected chi connectivity index (χ1v) is 7.37. The average Bonchev–Trinajstić information content (AvgIpc) is 2.95. The Hall–Kier alpha value is -0.810. The minimum absolute atomic E-state index is 0.284. The molecule has 2 aromatic heterocycles. The smallest absolute Gasteiger partial charge is 0.148 e. The quantitative estimate of drug-likeness (QED) is 0.715. The van der Waals surface area contributed by atoms with Crippen LogP contribution in [0.15, 0.2) is 44.6 Å². The van der Waals surface area contributed by atoms with Crippen LogP contribution in [0.4, 0.5) is 0 Å². The van der Waals surface area contributed by atoms with Gasteiger partial charge in [-0.25, -0.2) is 0 Å². The van der Waals surface area contributed by atoms with Gasteiger partial charge in [-0.15, -0.1) is 11.3 Å². The maximum absolute atomic E-state index is 6.18. The molecule has 0 aliphatic carbocycles. The van der Waals surface area contributed by atoms with Crippen LogP contribution in [0.2, 0.25) is 4.34 Å². The summed E-state index contributed by atoms with van der Waals surface area (Å²) in [5.41, 5.74) is 7.98. The number of furan rings is 1. The topological polar surface area (TPSA) is 39.2 Å². The van der Waals surface area contributed by atoms with E-state index < -0.39 is 0 Å². The lowest BCUT2D eigenvalue weighted by Crippen LogP contribution is -2.09. The Morgan fingerprint density at radius 2 is 2.17 bits per heavy atom. The van der Waals surface area contributed by atoms with Crippen molar-refractivity contribution in [2.75, 3.05) is 0 Å². The molecule has 2 N–H and O–H groups in total. The molecular formula is C13H9BrClNOS. The van der Waals surface area contributed by atoms with Gasteiger partial charge in [-0.1, -0.05) is 23.7 Å². The molecular weight excluding hydrogens is 334 g/mol. The summed E-state index contributed by atoms with van der Waals surface area (Å²) < 4.78 is 7.48. The number of hydrogen-bond acceptors (Lipinski definition) is 3. The summed E-state index contributed by atoms with van der Waals surface area (Å²) in [4.78, 5) is 0. The Morgan fingerprint density at radius 3 is 2.83 bits per heavy atom. The molecule has 0 fully saturated rings. The van der Waals surface area contributed by atoms with E-state index in [-0.39, 0.29) is 6.04 Å². The molecule has 5 heteroatoms. The maximum Gasteiger partial charge on any atom is 0.148 e. The lowest BCUT2D eigenvalue weighted by atomic mass is 10.1. The molecule has 3 aromatic rings. The van der Waals surface area contributed by atoms with Gasteiger partial charge in [-0.2, -0.15) is 0 Å². The third-order valence-electron chi connectivity index (χ3n) is 2.77. The van der Waals surface area contributed by atoms with E-state index in [0.29, 0.717) is 0 Å². The zero-order valence-electron chi connectivity index (χ0n) is 9.19. The number of rotatable bonds is 2. The standard InChI is InChI=1S/C13H9BrClNOS/c14-9-3-1-2-7-4-10(17-13(7)9)12(16)8-5-11(15)18-6-8/h1-6,12H,16H2. The van der Waals surface area contributed by atoms with Crippen molar-refractivity contribution in [1.29, 1.82) is 0 Å². The van der Waals surface area contributed by atoms with Crippen LogP contribution in [0.1, 0.15) is 17.4 Å². The Morgan fingerprint density at radius 1 is 1.33 bits per heavy atom. The fraction of sp³-hybridized carbons (Fsp3) is 0.0769. The lowest BCUT2D eigenvalue weighted by molar-refractivity contribution is 0.524. The van der Waals surface area contributed by atoms with Crippen molar-refractivity contribution in [2.45, 2.75) is 6.04 Å². The summed E-state index contributed by atoms with van der Waals surface area (Å²) in [6.07, 6.45) is 0. The van der Waals surface area contributed by atoms with Crippen molar-refractivity contribution in [1.82, 2.24) is 0 Å². The highest BCUT2D eigenvalue weighted by Crippen LogP contribution is 2.33. The minimum Gasteiger partial charge on any atom is -0.458 e. The first-order valence-electron chi connectivity index (χ1n) is 5.32. The summed E-state index contributed by atoms with van der Waals surface area (Å²) in [6, 6.07) is 9.48. The predicted octanol–water partition coefficient (Wildman–Crippen LogP) is 4.96. The molecule has 0 bridgehead atoms. The van der Waals surface area contributed by atoms with E-state index in [4.69, 9.17) is 21.8 Å². The van der Waals surface area contributed by atoms with Crippen LogP contribution < -0.4 is 5.73 Å². The van der Waals surface area contributed by atoms with E-state index in [0.717, 1.165) is 31.1 Å². The first kappa shape index (κ1) is 12.2. The number of hydrogen-bond donors (Lipinski definition) is 1. The van der Waals surface area contributed by atoms with E-state index in [1.54, 1.807) is 0 Å². The van der Waals surface area contributed by atoms with Crippen molar-refractivity contribution in [3.05, 3.63) is 55.8 Å². The molecule has 0 aliphatic heterocycles. The summed E-state index contributed by atoms with van der Waals surface area (Å²) in [7, 11) is 0. The van der Waals surface area contributed by atoms with Crippen molar-refractivity contribution in [3.63, 3.8) is 0 Å². The number of nitrogens with two attached hydrogens (primary N) is 1. The molecule has 2 nitrogen and oxygen atoms in total. The summed E-state index contributed by atoms with van der Waals surface area (Å²) in [5, 5.41) is 2.99. The predicted molar refractivity (Wildman–Crippen MR) is 79.3 cm³/mol. The summed E-state index contributed by atoms with van der Waals surface area (Å²) >= 11 is 10.9. The molecule has 0 saturated carbocycles. The molecule has 0 amide bonds. The van der Waals surface area contributed by atoms with E-state index >= 15 is 0 Å².